The second-order valence-corrected chi connectivity index (χ2v) is 16.8. The molecule has 0 bridgehead atoms. The standard InChI is InChI=1S/C42H81NO12S/c1-3-5-7-9-11-13-15-17-19-21-23-25-27-29-31-36(46)41(49)43-34(35(45)30-28-26-24-22-20-18-16-14-12-10-8-6-4-2)33-53-42-39(48)40(55-56(50,51)52)38(47)37(32-44)54-42/h28,30,34-40,42,44-48H,3-27,29,31-33H2,1-2H3,(H,43,49)(H,50,51,52)/b30-28+/t34-,35+,36+,37?,38-,39?,40-,42+/m0/s1. The molecule has 1 rings (SSSR count). The molecule has 13 nitrogen and oxygen atoms in total. The number of hydrogen-bond donors (Lipinski definition) is 7. The van der Waals surface area contributed by atoms with E-state index in [0.29, 0.717) is 12.8 Å². The van der Waals surface area contributed by atoms with E-state index in [2.05, 4.69) is 23.3 Å². The highest BCUT2D eigenvalue weighted by Crippen LogP contribution is 2.26. The van der Waals surface area contributed by atoms with E-state index in [1.807, 2.05) is 6.08 Å². The average Bonchev–Trinajstić information content (AvgIpc) is 3.16. The van der Waals surface area contributed by atoms with Crippen molar-refractivity contribution in [2.75, 3.05) is 13.2 Å². The first-order valence-corrected chi connectivity index (χ1v) is 23.5. The van der Waals surface area contributed by atoms with E-state index in [1.165, 1.54) is 122 Å². The average molecular weight is 824 g/mol. The molecule has 0 aliphatic carbocycles. The van der Waals surface area contributed by atoms with Crippen molar-refractivity contribution in [2.45, 2.75) is 236 Å². The summed E-state index contributed by atoms with van der Waals surface area (Å²) in [5, 5.41) is 55.1. The lowest BCUT2D eigenvalue weighted by atomic mass is 9.99. The Hall–Kier alpha value is -1.20. The van der Waals surface area contributed by atoms with Crippen molar-refractivity contribution < 1.29 is 57.0 Å². The van der Waals surface area contributed by atoms with Crippen LogP contribution in [0.5, 0.6) is 0 Å². The SMILES string of the molecule is CCCCCCCCCCCCC/C=C/[C@@H](O)[C@H](CO[C@@H]1OC(CO)[C@H](O)[C@H](OS(=O)(=O)O)C1O)NC(=O)[C@H](O)CCCCCCCCCCCCCCCC. The molecule has 0 spiro atoms. The smallest absolute Gasteiger partial charge is 0.394 e. The summed E-state index contributed by atoms with van der Waals surface area (Å²) in [7, 11) is -5.11. The highest BCUT2D eigenvalue weighted by atomic mass is 32.3. The highest BCUT2D eigenvalue weighted by Gasteiger charge is 2.48. The highest BCUT2D eigenvalue weighted by molar-refractivity contribution is 7.80. The molecule has 8 atom stereocenters. The Morgan fingerprint density at radius 1 is 0.714 bits per heavy atom. The van der Waals surface area contributed by atoms with Gasteiger partial charge >= 0.3 is 10.4 Å². The lowest BCUT2D eigenvalue weighted by molar-refractivity contribution is -0.298. The molecule has 2 unspecified atom stereocenters. The fourth-order valence-corrected chi connectivity index (χ4v) is 7.62. The molecule has 0 saturated carbocycles. The predicted octanol–water partition coefficient (Wildman–Crippen LogP) is 6.97. The number of ether oxygens (including phenoxy) is 2. The van der Waals surface area contributed by atoms with Crippen LogP contribution in [0.4, 0.5) is 0 Å². The zero-order chi connectivity index (χ0) is 41.4. The van der Waals surface area contributed by atoms with E-state index < -0.39 is 78.5 Å². The van der Waals surface area contributed by atoms with E-state index in [9.17, 15) is 38.7 Å². The van der Waals surface area contributed by atoms with Gasteiger partial charge in [-0.15, -0.1) is 0 Å². The van der Waals surface area contributed by atoms with Gasteiger partial charge in [0, 0.05) is 0 Å². The molecular weight excluding hydrogens is 743 g/mol. The van der Waals surface area contributed by atoms with Gasteiger partial charge in [0.1, 0.15) is 30.5 Å². The largest absolute Gasteiger partial charge is 0.397 e. The zero-order valence-corrected chi connectivity index (χ0v) is 35.6. The molecule has 0 aromatic heterocycles. The summed E-state index contributed by atoms with van der Waals surface area (Å²) >= 11 is 0. The van der Waals surface area contributed by atoms with Gasteiger partial charge in [-0.2, -0.15) is 8.42 Å². The van der Waals surface area contributed by atoms with Gasteiger partial charge in [0.2, 0.25) is 5.91 Å². The lowest BCUT2D eigenvalue weighted by Gasteiger charge is -2.41. The van der Waals surface area contributed by atoms with Crippen LogP contribution >= 0.6 is 0 Å². The van der Waals surface area contributed by atoms with E-state index in [-0.39, 0.29) is 6.42 Å². The van der Waals surface area contributed by atoms with Crippen LogP contribution in [0.1, 0.15) is 187 Å². The molecule has 1 aliphatic heterocycles. The van der Waals surface area contributed by atoms with Gasteiger partial charge in [-0.25, -0.2) is 4.18 Å². The van der Waals surface area contributed by atoms with Gasteiger partial charge in [0.15, 0.2) is 6.29 Å². The van der Waals surface area contributed by atoms with Crippen molar-refractivity contribution in [1.82, 2.24) is 5.32 Å². The van der Waals surface area contributed by atoms with Crippen molar-refractivity contribution in [3.05, 3.63) is 12.2 Å². The lowest BCUT2D eigenvalue weighted by Crippen LogP contribution is -2.61. The monoisotopic (exact) mass is 824 g/mol. The first kappa shape index (κ1) is 52.8. The number of rotatable bonds is 37. The molecular formula is C42H81NO12S. The number of carbonyl (C=O) groups is 1. The summed E-state index contributed by atoms with van der Waals surface area (Å²) in [6.45, 7) is 3.20. The first-order valence-electron chi connectivity index (χ1n) is 22.2. The van der Waals surface area contributed by atoms with Crippen molar-refractivity contribution in [1.29, 1.82) is 0 Å². The number of hydrogen-bond acceptors (Lipinski definition) is 11. The van der Waals surface area contributed by atoms with E-state index in [0.717, 1.165) is 38.5 Å². The summed E-state index contributed by atoms with van der Waals surface area (Å²) in [6.07, 6.45) is 22.9. The minimum atomic E-state index is -5.11. The number of aliphatic hydroxyl groups is 5. The second-order valence-electron chi connectivity index (χ2n) is 15.8. The van der Waals surface area contributed by atoms with Crippen LogP contribution in [0.15, 0.2) is 12.2 Å². The Morgan fingerprint density at radius 3 is 1.61 bits per heavy atom. The Morgan fingerprint density at radius 2 is 1.16 bits per heavy atom. The number of allylic oxidation sites excluding steroid dienone is 1. The molecule has 0 aromatic carbocycles. The molecule has 14 heteroatoms. The van der Waals surface area contributed by atoms with E-state index in [4.69, 9.17) is 14.0 Å². The minimum absolute atomic E-state index is 0.247. The van der Waals surface area contributed by atoms with Gasteiger partial charge in [-0.1, -0.05) is 180 Å². The Labute approximate surface area is 339 Å². The van der Waals surface area contributed by atoms with Crippen molar-refractivity contribution in [2.24, 2.45) is 0 Å². The van der Waals surface area contributed by atoms with Crippen LogP contribution in [0.25, 0.3) is 0 Å². The molecule has 7 N–H and O–H groups in total. The number of unbranched alkanes of at least 4 members (excludes halogenated alkanes) is 24. The van der Waals surface area contributed by atoms with Crippen molar-refractivity contribution in [3.8, 4) is 0 Å². The zero-order valence-electron chi connectivity index (χ0n) is 34.8. The third kappa shape index (κ3) is 26.0. The predicted molar refractivity (Wildman–Crippen MR) is 219 cm³/mol. The number of carbonyl (C=O) groups excluding carboxylic acids is 1. The first-order chi connectivity index (χ1) is 26.9. The molecule has 0 aromatic rings. The number of amides is 1. The quantitative estimate of drug-likeness (QED) is 0.0192. The Bertz CT molecular complexity index is 1080. The maximum Gasteiger partial charge on any atom is 0.397 e. The van der Waals surface area contributed by atoms with Gasteiger partial charge in [0.25, 0.3) is 0 Å². The molecule has 1 heterocycles. The summed E-state index contributed by atoms with van der Waals surface area (Å²) in [5.74, 6) is -0.701. The van der Waals surface area contributed by atoms with E-state index in [1.54, 1.807) is 0 Å². The fourth-order valence-electron chi connectivity index (χ4n) is 7.11. The minimum Gasteiger partial charge on any atom is -0.394 e. The van der Waals surface area contributed by atoms with Crippen molar-refractivity contribution >= 4 is 16.3 Å². The molecule has 1 saturated heterocycles. The molecule has 56 heavy (non-hydrogen) atoms. The third-order valence-electron chi connectivity index (χ3n) is 10.7. The number of aliphatic hydroxyl groups excluding tert-OH is 5. The second kappa shape index (κ2) is 33.6. The summed E-state index contributed by atoms with van der Waals surface area (Å²) in [6, 6.07) is -1.11. The van der Waals surface area contributed by atoms with Gasteiger partial charge < -0.3 is 40.3 Å². The molecule has 1 fully saturated rings. The van der Waals surface area contributed by atoms with E-state index >= 15 is 0 Å². The van der Waals surface area contributed by atoms with Crippen LogP contribution in [-0.2, 0) is 28.9 Å². The topological polar surface area (TPSA) is 212 Å². The maximum absolute atomic E-state index is 13.1. The van der Waals surface area contributed by atoms with Crippen LogP contribution in [0.2, 0.25) is 0 Å². The molecule has 1 aliphatic rings. The van der Waals surface area contributed by atoms with Crippen LogP contribution in [-0.4, -0.2) is 107 Å². The number of nitrogens with one attached hydrogen (secondary N) is 1. The fraction of sp³-hybridized carbons (Fsp3) is 0.929. The Kier molecular flexibility index (Phi) is 31.7. The summed E-state index contributed by atoms with van der Waals surface area (Å²) in [4.78, 5) is 13.1. The van der Waals surface area contributed by atoms with Crippen LogP contribution < -0.4 is 5.32 Å². The Balaban J connectivity index is 2.62. The van der Waals surface area contributed by atoms with Crippen LogP contribution in [0.3, 0.4) is 0 Å². The maximum atomic E-state index is 13.1. The third-order valence-corrected chi connectivity index (χ3v) is 11.1. The van der Waals surface area contributed by atoms with Crippen molar-refractivity contribution in [3.63, 3.8) is 0 Å². The van der Waals surface area contributed by atoms with Gasteiger partial charge in [-0.3, -0.25) is 9.35 Å². The molecule has 332 valence electrons. The van der Waals surface area contributed by atoms with Gasteiger partial charge in [0.05, 0.1) is 25.4 Å². The summed E-state index contributed by atoms with van der Waals surface area (Å²) in [5.41, 5.74) is 0. The van der Waals surface area contributed by atoms with Gasteiger partial charge in [-0.05, 0) is 19.3 Å². The van der Waals surface area contributed by atoms with Crippen LogP contribution in [0, 0.1) is 0 Å². The normalized spacial score (nSPS) is 22.0. The summed E-state index contributed by atoms with van der Waals surface area (Å²) < 4.78 is 47.4. The molecule has 1 amide bonds. The molecule has 0 radical (unpaired) electrons.